The van der Waals surface area contributed by atoms with Crippen molar-refractivity contribution in [3.05, 3.63) is 23.8 Å². The van der Waals surface area contributed by atoms with Crippen molar-refractivity contribution >= 4 is 11.9 Å². The average molecular weight is 442 g/mol. The summed E-state index contributed by atoms with van der Waals surface area (Å²) < 4.78 is 16.8. The number of nitrogens with one attached hydrogen (secondary N) is 1. The predicted molar refractivity (Wildman–Crippen MR) is 120 cm³/mol. The molecule has 1 N–H and O–H groups in total. The van der Waals surface area contributed by atoms with E-state index in [2.05, 4.69) is 12.2 Å². The first-order valence-electron chi connectivity index (χ1n) is 12.1. The van der Waals surface area contributed by atoms with Gasteiger partial charge in [0.15, 0.2) is 24.7 Å². The van der Waals surface area contributed by atoms with E-state index < -0.39 is 5.97 Å². The number of carbonyl (C=O) groups is 2. The Bertz CT molecular complexity index is 872. The van der Waals surface area contributed by atoms with Crippen LogP contribution in [0.25, 0.3) is 0 Å². The molecule has 4 bridgehead atoms. The van der Waals surface area contributed by atoms with E-state index in [1.165, 1.54) is 38.5 Å². The molecule has 1 heterocycles. The molecule has 1 aromatic rings. The SMILES string of the molecule is C[C@H](NC(=O)COC(=O)COc1cccc2c1OC(C)(C)C2)C12CC3CC(CC(C3)C1)C2. The number of benzene rings is 1. The molecule has 4 fully saturated rings. The van der Waals surface area contributed by atoms with Gasteiger partial charge in [0.1, 0.15) is 5.60 Å². The van der Waals surface area contributed by atoms with E-state index in [1.807, 2.05) is 26.0 Å². The number of hydrogen-bond acceptors (Lipinski definition) is 5. The fraction of sp³-hybridized carbons (Fsp3) is 0.692. The molecule has 1 atom stereocenters. The van der Waals surface area contributed by atoms with Gasteiger partial charge < -0.3 is 19.5 Å². The van der Waals surface area contributed by atoms with Crippen molar-refractivity contribution < 1.29 is 23.8 Å². The molecule has 0 radical (unpaired) electrons. The molecule has 5 aliphatic rings. The van der Waals surface area contributed by atoms with Gasteiger partial charge in [-0.05, 0) is 88.5 Å². The molecule has 4 saturated carbocycles. The number of carbonyl (C=O) groups excluding carboxylic acids is 2. The summed E-state index contributed by atoms with van der Waals surface area (Å²) in [5, 5.41) is 3.13. The summed E-state index contributed by atoms with van der Waals surface area (Å²) in [6.45, 7) is 5.66. The van der Waals surface area contributed by atoms with Crippen LogP contribution in [0.4, 0.5) is 0 Å². The molecule has 0 aromatic heterocycles. The number of rotatable bonds is 7. The molecule has 6 heteroatoms. The normalized spacial score (nSPS) is 32.0. The van der Waals surface area contributed by atoms with Crippen molar-refractivity contribution in [1.82, 2.24) is 5.32 Å². The molecule has 0 saturated heterocycles. The van der Waals surface area contributed by atoms with Crippen LogP contribution in [0.2, 0.25) is 0 Å². The number of ether oxygens (including phenoxy) is 3. The first-order valence-corrected chi connectivity index (χ1v) is 12.1. The zero-order valence-electron chi connectivity index (χ0n) is 19.4. The van der Waals surface area contributed by atoms with Crippen LogP contribution in [-0.4, -0.2) is 36.7 Å². The molecule has 6 rings (SSSR count). The third kappa shape index (κ3) is 4.20. The van der Waals surface area contributed by atoms with Crippen molar-refractivity contribution in [3.8, 4) is 11.5 Å². The fourth-order valence-electron chi connectivity index (χ4n) is 7.17. The third-order valence-electron chi connectivity index (χ3n) is 8.15. The lowest BCUT2D eigenvalue weighted by atomic mass is 9.48. The number of amides is 1. The fourth-order valence-corrected chi connectivity index (χ4v) is 7.17. The van der Waals surface area contributed by atoms with Gasteiger partial charge in [0, 0.05) is 18.0 Å². The van der Waals surface area contributed by atoms with Crippen LogP contribution in [-0.2, 0) is 20.7 Å². The number of para-hydroxylation sites is 1. The van der Waals surface area contributed by atoms with Gasteiger partial charge in [-0.15, -0.1) is 0 Å². The summed E-state index contributed by atoms with van der Waals surface area (Å²) in [7, 11) is 0. The van der Waals surface area contributed by atoms with Gasteiger partial charge in [-0.3, -0.25) is 4.79 Å². The quantitative estimate of drug-likeness (QED) is 0.647. The highest BCUT2D eigenvalue weighted by molar-refractivity contribution is 5.81. The van der Waals surface area contributed by atoms with Crippen LogP contribution in [0, 0.1) is 23.2 Å². The van der Waals surface area contributed by atoms with Crippen LogP contribution in [0.1, 0.15) is 64.9 Å². The lowest BCUT2D eigenvalue weighted by Crippen LogP contribution is -2.56. The van der Waals surface area contributed by atoms with Gasteiger partial charge in [-0.1, -0.05) is 12.1 Å². The topological polar surface area (TPSA) is 73.9 Å². The van der Waals surface area contributed by atoms with Gasteiger partial charge in [-0.25, -0.2) is 4.79 Å². The lowest BCUT2D eigenvalue weighted by Gasteiger charge is -2.59. The minimum Gasteiger partial charge on any atom is -0.483 e. The van der Waals surface area contributed by atoms with E-state index >= 15 is 0 Å². The van der Waals surface area contributed by atoms with E-state index in [0.717, 1.165) is 29.7 Å². The molecular formula is C26H35NO5. The van der Waals surface area contributed by atoms with Crippen molar-refractivity contribution in [2.24, 2.45) is 23.2 Å². The highest BCUT2D eigenvalue weighted by atomic mass is 16.6. The molecule has 4 aliphatic carbocycles. The average Bonchev–Trinajstić information content (AvgIpc) is 3.04. The van der Waals surface area contributed by atoms with Crippen molar-refractivity contribution in [3.63, 3.8) is 0 Å². The van der Waals surface area contributed by atoms with E-state index in [1.54, 1.807) is 6.07 Å². The smallest absolute Gasteiger partial charge is 0.344 e. The molecule has 1 aliphatic heterocycles. The Hall–Kier alpha value is -2.24. The van der Waals surface area contributed by atoms with Crippen LogP contribution in [0.5, 0.6) is 11.5 Å². The van der Waals surface area contributed by atoms with Gasteiger partial charge in [0.05, 0.1) is 0 Å². The minimum absolute atomic E-state index is 0.116. The van der Waals surface area contributed by atoms with Crippen molar-refractivity contribution in [2.75, 3.05) is 13.2 Å². The number of fused-ring (bicyclic) bond motifs is 1. The van der Waals surface area contributed by atoms with E-state index in [4.69, 9.17) is 14.2 Å². The van der Waals surface area contributed by atoms with Gasteiger partial charge in [0.25, 0.3) is 5.91 Å². The van der Waals surface area contributed by atoms with Crippen molar-refractivity contribution in [1.29, 1.82) is 0 Å². The Morgan fingerprint density at radius 1 is 1.09 bits per heavy atom. The Morgan fingerprint density at radius 3 is 2.41 bits per heavy atom. The van der Waals surface area contributed by atoms with Gasteiger partial charge in [0.2, 0.25) is 0 Å². The lowest BCUT2D eigenvalue weighted by molar-refractivity contribution is -0.151. The molecule has 1 aromatic carbocycles. The summed E-state index contributed by atoms with van der Waals surface area (Å²) in [6, 6.07) is 5.80. The molecule has 0 spiro atoms. The molecular weight excluding hydrogens is 406 g/mol. The maximum atomic E-state index is 12.5. The van der Waals surface area contributed by atoms with Crippen LogP contribution in [0.15, 0.2) is 18.2 Å². The molecule has 6 nitrogen and oxygen atoms in total. The zero-order valence-corrected chi connectivity index (χ0v) is 19.4. The maximum absolute atomic E-state index is 12.5. The van der Waals surface area contributed by atoms with E-state index in [9.17, 15) is 9.59 Å². The zero-order chi connectivity index (χ0) is 22.5. The number of esters is 1. The molecule has 32 heavy (non-hydrogen) atoms. The van der Waals surface area contributed by atoms with Crippen LogP contribution in [0.3, 0.4) is 0 Å². The van der Waals surface area contributed by atoms with Crippen LogP contribution >= 0.6 is 0 Å². The minimum atomic E-state index is -0.558. The monoisotopic (exact) mass is 441 g/mol. The summed E-state index contributed by atoms with van der Waals surface area (Å²) in [6.07, 6.45) is 8.63. The largest absolute Gasteiger partial charge is 0.483 e. The first-order chi connectivity index (χ1) is 15.2. The Morgan fingerprint density at radius 2 is 1.75 bits per heavy atom. The molecule has 174 valence electrons. The van der Waals surface area contributed by atoms with Gasteiger partial charge in [-0.2, -0.15) is 0 Å². The van der Waals surface area contributed by atoms with Crippen molar-refractivity contribution in [2.45, 2.75) is 77.4 Å². The summed E-state index contributed by atoms with van der Waals surface area (Å²) in [5.74, 6) is 2.95. The summed E-state index contributed by atoms with van der Waals surface area (Å²) in [4.78, 5) is 24.7. The van der Waals surface area contributed by atoms with E-state index in [0.29, 0.717) is 11.5 Å². The van der Waals surface area contributed by atoms with Crippen LogP contribution < -0.4 is 14.8 Å². The Labute approximate surface area is 190 Å². The second-order valence-electron chi connectivity index (χ2n) is 11.3. The predicted octanol–water partition coefficient (Wildman–Crippen LogP) is 4.04. The third-order valence-corrected chi connectivity index (χ3v) is 8.15. The second-order valence-corrected chi connectivity index (χ2v) is 11.3. The number of hydrogen-bond donors (Lipinski definition) is 1. The maximum Gasteiger partial charge on any atom is 0.344 e. The molecule has 1 amide bonds. The van der Waals surface area contributed by atoms with Gasteiger partial charge >= 0.3 is 5.97 Å². The summed E-state index contributed by atoms with van der Waals surface area (Å²) in [5.41, 5.74) is 1.02. The molecule has 0 unspecified atom stereocenters. The highest BCUT2D eigenvalue weighted by Gasteiger charge is 2.53. The van der Waals surface area contributed by atoms with E-state index in [-0.39, 0.29) is 36.2 Å². The standard InChI is InChI=1S/C26H35NO5/c1-16(26-10-17-7-18(11-26)9-19(8-17)12-26)27-22(28)14-31-23(29)15-30-21-6-4-5-20-13-25(2,3)32-24(20)21/h4-6,16-19H,7-15H2,1-3H3,(H,27,28)/t16-,17?,18?,19?,26?/m0/s1. The summed E-state index contributed by atoms with van der Waals surface area (Å²) >= 11 is 0. The Kier molecular flexibility index (Phi) is 5.37. The Balaban J connectivity index is 1.09. The highest BCUT2D eigenvalue weighted by Crippen LogP contribution is 2.61. The second kappa shape index (κ2) is 7.96. The first kappa shape index (κ1) is 21.6.